The molecule has 4 nitrogen and oxygen atoms in total. The summed E-state index contributed by atoms with van der Waals surface area (Å²) in [6, 6.07) is 0. The number of unbranched alkanes of at least 4 members (excludes halogenated alkanes) is 1. The molecule has 0 bridgehead atoms. The van der Waals surface area contributed by atoms with Crippen LogP contribution in [0.3, 0.4) is 0 Å². The molecule has 1 rings (SSSR count). The number of nitrogens with zero attached hydrogens (tertiary/aromatic N) is 1. The van der Waals surface area contributed by atoms with Crippen LogP contribution in [0.1, 0.15) is 39.5 Å². The van der Waals surface area contributed by atoms with Gasteiger partial charge in [-0.15, -0.1) is 12.4 Å². The molecule has 0 unspecified atom stereocenters. The summed E-state index contributed by atoms with van der Waals surface area (Å²) in [7, 11) is 0. The predicted octanol–water partition coefficient (Wildman–Crippen LogP) is 1.81. The lowest BCUT2D eigenvalue weighted by Gasteiger charge is -2.38. The first kappa shape index (κ1) is 17.7. The summed E-state index contributed by atoms with van der Waals surface area (Å²) < 4.78 is 5.34. The zero-order valence-electron chi connectivity index (χ0n) is 11.6. The van der Waals surface area contributed by atoms with Gasteiger partial charge in [-0.2, -0.15) is 0 Å². The zero-order chi connectivity index (χ0) is 12.7. The smallest absolute Gasteiger partial charge is 0.230 e. The Kier molecular flexibility index (Phi) is 8.57. The van der Waals surface area contributed by atoms with E-state index in [1.165, 1.54) is 0 Å². The largest absolute Gasteiger partial charge is 0.381 e. The molecular weight excluding hydrogens is 252 g/mol. The molecule has 108 valence electrons. The number of carbonyl (C=O) groups excluding carboxylic acids is 1. The second kappa shape index (κ2) is 8.73. The van der Waals surface area contributed by atoms with Crippen molar-refractivity contribution in [3.05, 3.63) is 0 Å². The van der Waals surface area contributed by atoms with Crippen LogP contribution < -0.4 is 5.73 Å². The van der Waals surface area contributed by atoms with Crippen LogP contribution in [0.15, 0.2) is 0 Å². The van der Waals surface area contributed by atoms with E-state index in [4.69, 9.17) is 10.5 Å². The maximum Gasteiger partial charge on any atom is 0.230 e. The van der Waals surface area contributed by atoms with Gasteiger partial charge in [0.05, 0.1) is 5.41 Å². The standard InChI is InChI=1S/C13H26N2O2.ClH/c1-3-5-8-15(4-2)12(16)13(11-14)6-9-17-10-7-13;/h3-11,14H2,1-2H3;1H. The van der Waals surface area contributed by atoms with Crippen molar-refractivity contribution in [2.45, 2.75) is 39.5 Å². The van der Waals surface area contributed by atoms with Crippen LogP contribution >= 0.6 is 12.4 Å². The van der Waals surface area contributed by atoms with E-state index in [2.05, 4.69) is 6.92 Å². The summed E-state index contributed by atoms with van der Waals surface area (Å²) >= 11 is 0. The molecule has 0 atom stereocenters. The highest BCUT2D eigenvalue weighted by atomic mass is 35.5. The third kappa shape index (κ3) is 4.11. The van der Waals surface area contributed by atoms with E-state index in [0.717, 1.165) is 38.8 Å². The summed E-state index contributed by atoms with van der Waals surface area (Å²) in [5.41, 5.74) is 5.50. The van der Waals surface area contributed by atoms with Gasteiger partial charge in [-0.1, -0.05) is 13.3 Å². The van der Waals surface area contributed by atoms with Crippen LogP contribution in [0.2, 0.25) is 0 Å². The van der Waals surface area contributed by atoms with Crippen molar-refractivity contribution in [3.63, 3.8) is 0 Å². The second-order valence-electron chi connectivity index (χ2n) is 4.84. The summed E-state index contributed by atoms with van der Waals surface area (Å²) in [4.78, 5) is 14.5. The number of hydrogen-bond acceptors (Lipinski definition) is 3. The van der Waals surface area contributed by atoms with E-state index in [0.29, 0.717) is 19.8 Å². The summed E-state index contributed by atoms with van der Waals surface area (Å²) in [5.74, 6) is 0.235. The molecule has 1 heterocycles. The monoisotopic (exact) mass is 278 g/mol. The number of ether oxygens (including phenoxy) is 1. The average Bonchev–Trinajstić information content (AvgIpc) is 2.40. The molecule has 1 saturated heterocycles. The SMILES string of the molecule is CCCCN(CC)C(=O)C1(CN)CCOCC1.Cl. The number of nitrogens with two attached hydrogens (primary N) is 1. The first-order valence-corrected chi connectivity index (χ1v) is 6.77. The lowest BCUT2D eigenvalue weighted by molar-refractivity contribution is -0.147. The van der Waals surface area contributed by atoms with Crippen molar-refractivity contribution in [2.75, 3.05) is 32.8 Å². The third-order valence-corrected chi connectivity index (χ3v) is 3.74. The first-order chi connectivity index (χ1) is 8.20. The molecule has 1 aliphatic rings. The molecule has 0 saturated carbocycles. The summed E-state index contributed by atoms with van der Waals surface area (Å²) in [6.45, 7) is 7.58. The second-order valence-corrected chi connectivity index (χ2v) is 4.84. The first-order valence-electron chi connectivity index (χ1n) is 6.77. The minimum atomic E-state index is -0.359. The third-order valence-electron chi connectivity index (χ3n) is 3.74. The Hall–Kier alpha value is -0.320. The van der Waals surface area contributed by atoms with E-state index in [1.54, 1.807) is 0 Å². The summed E-state index contributed by atoms with van der Waals surface area (Å²) in [6.07, 6.45) is 3.72. The number of amides is 1. The highest BCUT2D eigenvalue weighted by Gasteiger charge is 2.40. The van der Waals surface area contributed by atoms with Gasteiger partial charge in [0.1, 0.15) is 0 Å². The van der Waals surface area contributed by atoms with E-state index in [1.807, 2.05) is 11.8 Å². The Bertz CT molecular complexity index is 243. The van der Waals surface area contributed by atoms with Crippen molar-refractivity contribution < 1.29 is 9.53 Å². The van der Waals surface area contributed by atoms with Gasteiger partial charge in [0, 0.05) is 32.8 Å². The lowest BCUT2D eigenvalue weighted by Crippen LogP contribution is -2.51. The van der Waals surface area contributed by atoms with E-state index >= 15 is 0 Å². The van der Waals surface area contributed by atoms with Crippen molar-refractivity contribution in [2.24, 2.45) is 11.1 Å². The highest BCUT2D eigenvalue weighted by Crippen LogP contribution is 2.31. The maximum absolute atomic E-state index is 12.6. The van der Waals surface area contributed by atoms with Gasteiger partial charge in [0.2, 0.25) is 5.91 Å². The van der Waals surface area contributed by atoms with Crippen molar-refractivity contribution >= 4 is 18.3 Å². The van der Waals surface area contributed by atoms with Crippen LogP contribution in [0, 0.1) is 5.41 Å². The van der Waals surface area contributed by atoms with Gasteiger partial charge >= 0.3 is 0 Å². The van der Waals surface area contributed by atoms with Gasteiger partial charge < -0.3 is 15.4 Å². The topological polar surface area (TPSA) is 55.6 Å². The molecule has 0 radical (unpaired) electrons. The van der Waals surface area contributed by atoms with Crippen LogP contribution in [0.25, 0.3) is 0 Å². The Morgan fingerprint density at radius 2 is 1.94 bits per heavy atom. The average molecular weight is 279 g/mol. The molecule has 5 heteroatoms. The molecule has 0 spiro atoms. The minimum Gasteiger partial charge on any atom is -0.381 e. The number of rotatable bonds is 6. The molecule has 2 N–H and O–H groups in total. The van der Waals surface area contributed by atoms with Crippen molar-refractivity contribution in [1.82, 2.24) is 4.90 Å². The minimum absolute atomic E-state index is 0. The Morgan fingerprint density at radius 3 is 2.39 bits per heavy atom. The van der Waals surface area contributed by atoms with Gasteiger partial charge in [-0.3, -0.25) is 4.79 Å². The maximum atomic E-state index is 12.6. The van der Waals surface area contributed by atoms with Gasteiger partial charge in [0.25, 0.3) is 0 Å². The van der Waals surface area contributed by atoms with Crippen LogP contribution in [0.4, 0.5) is 0 Å². The fraction of sp³-hybridized carbons (Fsp3) is 0.923. The molecule has 1 amide bonds. The Morgan fingerprint density at radius 1 is 1.33 bits per heavy atom. The number of carbonyl (C=O) groups is 1. The normalized spacial score (nSPS) is 17.9. The fourth-order valence-corrected chi connectivity index (χ4v) is 2.36. The molecule has 1 aliphatic heterocycles. The molecule has 1 fully saturated rings. The van der Waals surface area contributed by atoms with Crippen molar-refractivity contribution in [1.29, 1.82) is 0 Å². The van der Waals surface area contributed by atoms with Crippen molar-refractivity contribution in [3.8, 4) is 0 Å². The lowest BCUT2D eigenvalue weighted by atomic mass is 9.79. The number of halogens is 1. The Balaban J connectivity index is 0.00000289. The van der Waals surface area contributed by atoms with Gasteiger partial charge in [0.15, 0.2) is 0 Å². The van der Waals surface area contributed by atoms with E-state index < -0.39 is 0 Å². The van der Waals surface area contributed by atoms with Gasteiger partial charge in [-0.05, 0) is 26.2 Å². The van der Waals surface area contributed by atoms with E-state index in [-0.39, 0.29) is 23.7 Å². The highest BCUT2D eigenvalue weighted by molar-refractivity contribution is 5.85. The fourth-order valence-electron chi connectivity index (χ4n) is 2.36. The van der Waals surface area contributed by atoms with Crippen LogP contribution in [-0.4, -0.2) is 43.7 Å². The van der Waals surface area contributed by atoms with Crippen LogP contribution in [-0.2, 0) is 9.53 Å². The van der Waals surface area contributed by atoms with Crippen LogP contribution in [0.5, 0.6) is 0 Å². The molecule has 0 aliphatic carbocycles. The molecular formula is C13H27ClN2O2. The van der Waals surface area contributed by atoms with E-state index in [9.17, 15) is 4.79 Å². The quantitative estimate of drug-likeness (QED) is 0.806. The molecule has 0 aromatic carbocycles. The van der Waals surface area contributed by atoms with Gasteiger partial charge in [-0.25, -0.2) is 0 Å². The zero-order valence-corrected chi connectivity index (χ0v) is 12.4. The molecule has 0 aromatic heterocycles. The molecule has 0 aromatic rings. The Labute approximate surface area is 117 Å². The molecule has 18 heavy (non-hydrogen) atoms. The number of hydrogen-bond donors (Lipinski definition) is 1. The summed E-state index contributed by atoms with van der Waals surface area (Å²) in [5, 5.41) is 0. The predicted molar refractivity (Wildman–Crippen MR) is 76.0 cm³/mol.